The molecule has 0 atom stereocenters. The van der Waals surface area contributed by atoms with Gasteiger partial charge in [-0.3, -0.25) is 4.79 Å². The first-order valence-corrected chi connectivity index (χ1v) is 9.50. The average Bonchev–Trinajstić information content (AvgIpc) is 2.97. The number of nitrogens with zero attached hydrogens (tertiary/aromatic N) is 2. The SMILES string of the molecule is Cc1oc(C(C)(C)C)cc1C(=O)N1CCC(N2CCCCC2)CC1. The molecule has 24 heavy (non-hydrogen) atoms. The predicted molar refractivity (Wildman–Crippen MR) is 96.5 cm³/mol. The Morgan fingerprint density at radius 3 is 2.25 bits per heavy atom. The molecule has 3 heterocycles. The number of hydrogen-bond donors (Lipinski definition) is 0. The Labute approximate surface area is 146 Å². The molecule has 134 valence electrons. The number of rotatable bonds is 2. The lowest BCUT2D eigenvalue weighted by atomic mass is 9.93. The van der Waals surface area contributed by atoms with Crippen molar-refractivity contribution in [3.63, 3.8) is 0 Å². The molecule has 4 nitrogen and oxygen atoms in total. The third-order valence-electron chi connectivity index (χ3n) is 5.55. The van der Waals surface area contributed by atoms with E-state index in [9.17, 15) is 4.79 Å². The summed E-state index contributed by atoms with van der Waals surface area (Å²) >= 11 is 0. The van der Waals surface area contributed by atoms with E-state index in [4.69, 9.17) is 4.42 Å². The van der Waals surface area contributed by atoms with E-state index in [0.717, 1.165) is 43.0 Å². The lowest BCUT2D eigenvalue weighted by Gasteiger charge is -2.40. The minimum absolute atomic E-state index is 0.0649. The van der Waals surface area contributed by atoms with Gasteiger partial charge in [-0.2, -0.15) is 0 Å². The molecule has 1 aromatic heterocycles. The van der Waals surface area contributed by atoms with Gasteiger partial charge in [0.15, 0.2) is 0 Å². The molecular formula is C20H32N2O2. The average molecular weight is 332 g/mol. The minimum Gasteiger partial charge on any atom is -0.465 e. The molecular weight excluding hydrogens is 300 g/mol. The molecule has 0 aliphatic carbocycles. The summed E-state index contributed by atoms with van der Waals surface area (Å²) in [6.45, 7) is 12.5. The zero-order valence-corrected chi connectivity index (χ0v) is 15.7. The summed E-state index contributed by atoms with van der Waals surface area (Å²) in [5.41, 5.74) is 0.682. The van der Waals surface area contributed by atoms with Crippen molar-refractivity contribution in [3.8, 4) is 0 Å². The normalized spacial score (nSPS) is 21.2. The van der Waals surface area contributed by atoms with E-state index in [1.54, 1.807) is 0 Å². The van der Waals surface area contributed by atoms with E-state index in [-0.39, 0.29) is 11.3 Å². The van der Waals surface area contributed by atoms with Crippen LogP contribution in [0.25, 0.3) is 0 Å². The Hall–Kier alpha value is -1.29. The van der Waals surface area contributed by atoms with Gasteiger partial charge in [0, 0.05) is 24.5 Å². The van der Waals surface area contributed by atoms with E-state index in [2.05, 4.69) is 25.7 Å². The number of furan rings is 1. The molecule has 1 aromatic rings. The van der Waals surface area contributed by atoms with Crippen LogP contribution in [0.5, 0.6) is 0 Å². The molecule has 0 aromatic carbocycles. The van der Waals surface area contributed by atoms with Crippen molar-refractivity contribution < 1.29 is 9.21 Å². The van der Waals surface area contributed by atoms with Crippen molar-refractivity contribution >= 4 is 5.91 Å². The largest absolute Gasteiger partial charge is 0.465 e. The molecule has 2 fully saturated rings. The van der Waals surface area contributed by atoms with E-state index in [1.165, 1.54) is 32.4 Å². The first-order valence-electron chi connectivity index (χ1n) is 9.50. The third-order valence-corrected chi connectivity index (χ3v) is 5.55. The van der Waals surface area contributed by atoms with Crippen LogP contribution >= 0.6 is 0 Å². The number of amides is 1. The van der Waals surface area contributed by atoms with Crippen LogP contribution in [0.3, 0.4) is 0 Å². The second-order valence-electron chi connectivity index (χ2n) is 8.45. The number of aryl methyl sites for hydroxylation is 1. The molecule has 1 amide bonds. The van der Waals surface area contributed by atoms with Crippen LogP contribution in [0.15, 0.2) is 10.5 Å². The maximum atomic E-state index is 12.9. The number of carbonyl (C=O) groups is 1. The highest BCUT2D eigenvalue weighted by atomic mass is 16.3. The minimum atomic E-state index is -0.0649. The van der Waals surface area contributed by atoms with Crippen LogP contribution in [0, 0.1) is 6.92 Å². The van der Waals surface area contributed by atoms with E-state index >= 15 is 0 Å². The summed E-state index contributed by atoms with van der Waals surface area (Å²) in [4.78, 5) is 17.6. The number of hydrogen-bond acceptors (Lipinski definition) is 3. The highest BCUT2D eigenvalue weighted by Crippen LogP contribution is 2.29. The Morgan fingerprint density at radius 2 is 1.71 bits per heavy atom. The fraction of sp³-hybridized carbons (Fsp3) is 0.750. The van der Waals surface area contributed by atoms with Gasteiger partial charge in [0.25, 0.3) is 5.91 Å². The smallest absolute Gasteiger partial charge is 0.257 e. The van der Waals surface area contributed by atoms with Crippen molar-refractivity contribution in [2.75, 3.05) is 26.2 Å². The summed E-state index contributed by atoms with van der Waals surface area (Å²) < 4.78 is 5.85. The Bertz CT molecular complexity index is 571. The lowest BCUT2D eigenvalue weighted by molar-refractivity contribution is 0.0588. The van der Waals surface area contributed by atoms with Crippen molar-refractivity contribution in [1.82, 2.24) is 9.80 Å². The number of piperidine rings is 2. The molecule has 2 aliphatic heterocycles. The molecule has 3 rings (SSSR count). The number of carbonyl (C=O) groups excluding carboxylic acids is 1. The predicted octanol–water partition coefficient (Wildman–Crippen LogP) is 3.98. The van der Waals surface area contributed by atoms with Crippen molar-refractivity contribution in [2.24, 2.45) is 0 Å². The van der Waals surface area contributed by atoms with Crippen LogP contribution < -0.4 is 0 Å². The van der Waals surface area contributed by atoms with Crippen molar-refractivity contribution in [2.45, 2.75) is 71.3 Å². The monoisotopic (exact) mass is 332 g/mol. The molecule has 0 radical (unpaired) electrons. The number of likely N-dealkylation sites (tertiary alicyclic amines) is 2. The van der Waals surface area contributed by atoms with Crippen LogP contribution in [0.2, 0.25) is 0 Å². The molecule has 2 aliphatic rings. The Kier molecular flexibility index (Phi) is 5.05. The summed E-state index contributed by atoms with van der Waals surface area (Å²) in [5.74, 6) is 1.79. The fourth-order valence-electron chi connectivity index (χ4n) is 3.95. The van der Waals surface area contributed by atoms with Gasteiger partial charge in [-0.15, -0.1) is 0 Å². The van der Waals surface area contributed by atoms with Crippen LogP contribution in [-0.4, -0.2) is 47.9 Å². The van der Waals surface area contributed by atoms with Crippen molar-refractivity contribution in [3.05, 3.63) is 23.2 Å². The fourth-order valence-corrected chi connectivity index (χ4v) is 3.95. The molecule has 4 heteroatoms. The zero-order valence-electron chi connectivity index (χ0n) is 15.7. The van der Waals surface area contributed by atoms with E-state index < -0.39 is 0 Å². The Morgan fingerprint density at radius 1 is 1.08 bits per heavy atom. The van der Waals surface area contributed by atoms with Gasteiger partial charge >= 0.3 is 0 Å². The standard InChI is InChI=1S/C20H32N2O2/c1-15-17(14-18(24-15)20(2,3)4)19(23)22-12-8-16(9-13-22)21-10-6-5-7-11-21/h14,16H,5-13H2,1-4H3. The first-order chi connectivity index (χ1) is 11.4. The van der Waals surface area contributed by atoms with Crippen LogP contribution in [0.4, 0.5) is 0 Å². The maximum absolute atomic E-state index is 12.9. The van der Waals surface area contributed by atoms with E-state index in [1.807, 2.05) is 17.9 Å². The van der Waals surface area contributed by atoms with Crippen LogP contribution in [0.1, 0.15) is 74.8 Å². The highest BCUT2D eigenvalue weighted by molar-refractivity contribution is 5.95. The molecule has 0 spiro atoms. The summed E-state index contributed by atoms with van der Waals surface area (Å²) in [5, 5.41) is 0. The molecule has 0 unspecified atom stereocenters. The highest BCUT2D eigenvalue weighted by Gasteiger charge is 2.30. The molecule has 2 saturated heterocycles. The molecule has 0 bridgehead atoms. The quantitative estimate of drug-likeness (QED) is 0.822. The van der Waals surface area contributed by atoms with Crippen molar-refractivity contribution in [1.29, 1.82) is 0 Å². The van der Waals surface area contributed by atoms with Gasteiger partial charge in [0.1, 0.15) is 11.5 Å². The van der Waals surface area contributed by atoms with Gasteiger partial charge in [-0.1, -0.05) is 27.2 Å². The van der Waals surface area contributed by atoms with Gasteiger partial charge in [0.2, 0.25) is 0 Å². The molecule has 0 N–H and O–H groups in total. The van der Waals surface area contributed by atoms with E-state index in [0.29, 0.717) is 6.04 Å². The van der Waals surface area contributed by atoms with Crippen LogP contribution in [-0.2, 0) is 5.41 Å². The van der Waals surface area contributed by atoms with Gasteiger partial charge < -0.3 is 14.2 Å². The van der Waals surface area contributed by atoms with Gasteiger partial charge in [0.05, 0.1) is 5.56 Å². The molecule has 0 saturated carbocycles. The first kappa shape index (κ1) is 17.5. The maximum Gasteiger partial charge on any atom is 0.257 e. The lowest BCUT2D eigenvalue weighted by Crippen LogP contribution is -2.48. The summed E-state index contributed by atoms with van der Waals surface area (Å²) in [6, 6.07) is 2.62. The second-order valence-corrected chi connectivity index (χ2v) is 8.45. The third kappa shape index (κ3) is 3.69. The summed E-state index contributed by atoms with van der Waals surface area (Å²) in [7, 11) is 0. The second kappa shape index (κ2) is 6.91. The Balaban J connectivity index is 1.62. The summed E-state index contributed by atoms with van der Waals surface area (Å²) in [6.07, 6.45) is 6.26. The zero-order chi connectivity index (χ0) is 17.3. The van der Waals surface area contributed by atoms with Gasteiger partial charge in [-0.05, 0) is 51.8 Å². The topological polar surface area (TPSA) is 36.7 Å². The van der Waals surface area contributed by atoms with Gasteiger partial charge in [-0.25, -0.2) is 0 Å².